The van der Waals surface area contributed by atoms with E-state index in [0.29, 0.717) is 28.9 Å². The Balaban J connectivity index is 1.09. The van der Waals surface area contributed by atoms with Gasteiger partial charge < -0.3 is 0 Å². The molecule has 1 fully saturated rings. The highest BCUT2D eigenvalue weighted by Gasteiger charge is 2.64. The molecule has 7 aliphatic rings. The van der Waals surface area contributed by atoms with Gasteiger partial charge in [-0.15, -0.1) is 11.8 Å². The number of hydrogen-bond acceptors (Lipinski definition) is 1. The number of fused-ring (bicyclic) bond motifs is 13. The van der Waals surface area contributed by atoms with E-state index in [0.717, 1.165) is 19.3 Å². The molecule has 6 atom stereocenters. The van der Waals surface area contributed by atoms with Gasteiger partial charge in [0.1, 0.15) is 0 Å². The van der Waals surface area contributed by atoms with E-state index in [-0.39, 0.29) is 5.41 Å². The van der Waals surface area contributed by atoms with Gasteiger partial charge in [0.2, 0.25) is 0 Å². The summed E-state index contributed by atoms with van der Waals surface area (Å²) >= 11 is 2.08. The van der Waals surface area contributed by atoms with Crippen LogP contribution in [0.1, 0.15) is 58.9 Å². The zero-order valence-corrected chi connectivity index (χ0v) is 28.7. The SMILES string of the molecule is C1=CCC2C(=C1)C1=CC=C(C3=CC=CC4c5ccccc5SC34)CC1C21c2cccc3c2c2c(c4ccccc43)C=C(c3ccccc3)CC21. The summed E-state index contributed by atoms with van der Waals surface area (Å²) in [6.07, 6.45) is 25.5. The van der Waals surface area contributed by atoms with E-state index in [2.05, 4.69) is 164 Å². The van der Waals surface area contributed by atoms with E-state index in [9.17, 15) is 0 Å². The van der Waals surface area contributed by atoms with Crippen LogP contribution in [0.2, 0.25) is 0 Å². The molecular weight excluding hydrogens is 621 g/mol. The van der Waals surface area contributed by atoms with Crippen molar-refractivity contribution < 1.29 is 0 Å². The highest BCUT2D eigenvalue weighted by Crippen LogP contribution is 2.72. The van der Waals surface area contributed by atoms with Crippen LogP contribution in [0.15, 0.2) is 173 Å². The van der Waals surface area contributed by atoms with Crippen LogP contribution in [0.5, 0.6) is 0 Å². The Morgan fingerprint density at radius 3 is 2.32 bits per heavy atom. The molecular formula is C49H36S. The zero-order valence-electron chi connectivity index (χ0n) is 27.9. The van der Waals surface area contributed by atoms with Crippen molar-refractivity contribution in [3.8, 4) is 0 Å². The first kappa shape index (κ1) is 27.9. The van der Waals surface area contributed by atoms with Crippen molar-refractivity contribution in [2.24, 2.45) is 11.8 Å². The molecule has 1 spiro atoms. The number of thioether (sulfide) groups is 1. The molecule has 0 N–H and O–H groups in total. The minimum atomic E-state index is -0.0134. The Morgan fingerprint density at radius 1 is 0.600 bits per heavy atom. The number of benzene rings is 5. The second-order valence-electron chi connectivity index (χ2n) is 15.3. The van der Waals surface area contributed by atoms with Gasteiger partial charge in [0, 0.05) is 27.4 Å². The monoisotopic (exact) mass is 656 g/mol. The molecule has 238 valence electrons. The first-order valence-corrected chi connectivity index (χ1v) is 19.3. The molecule has 0 saturated heterocycles. The molecule has 0 radical (unpaired) electrons. The van der Waals surface area contributed by atoms with Crippen LogP contribution in [-0.4, -0.2) is 5.25 Å². The predicted molar refractivity (Wildman–Crippen MR) is 210 cm³/mol. The predicted octanol–water partition coefficient (Wildman–Crippen LogP) is 12.4. The summed E-state index contributed by atoms with van der Waals surface area (Å²) in [7, 11) is 0. The molecule has 0 aromatic heterocycles. The zero-order chi connectivity index (χ0) is 32.6. The van der Waals surface area contributed by atoms with Crippen molar-refractivity contribution in [1.29, 1.82) is 0 Å². The fourth-order valence-corrected chi connectivity index (χ4v) is 13.2. The molecule has 5 aromatic carbocycles. The average molecular weight is 657 g/mol. The van der Waals surface area contributed by atoms with Gasteiger partial charge in [-0.3, -0.25) is 0 Å². The standard InChI is InChI=1S/C49H36S/c1-2-12-29(13-3-1)31-26-40-34-15-5-4-14-33(34)38-19-11-22-42-46(38)47(40)44(28-31)49(42)41-21-8-6-16-35(41)36-25-24-30(27-43(36)49)32-18-10-20-39-37-17-7-9-23-45(37)50-48(32)39/h1-20,22-26,39,41,43-44,48H,21,27-28H2. The van der Waals surface area contributed by atoms with Gasteiger partial charge in [-0.25, -0.2) is 0 Å². The molecule has 1 heterocycles. The minimum Gasteiger partial charge on any atom is -0.117 e. The van der Waals surface area contributed by atoms with Crippen molar-refractivity contribution in [3.63, 3.8) is 0 Å². The number of allylic oxidation sites excluding steroid dienone is 12. The molecule has 5 aromatic rings. The third-order valence-corrected chi connectivity index (χ3v) is 14.9. The molecule has 0 bridgehead atoms. The van der Waals surface area contributed by atoms with E-state index < -0.39 is 0 Å². The summed E-state index contributed by atoms with van der Waals surface area (Å²) in [5.41, 5.74) is 15.3. The van der Waals surface area contributed by atoms with Gasteiger partial charge in [-0.05, 0) is 114 Å². The third-order valence-electron chi connectivity index (χ3n) is 13.4. The first-order valence-electron chi connectivity index (χ1n) is 18.5. The lowest BCUT2D eigenvalue weighted by atomic mass is 9.56. The van der Waals surface area contributed by atoms with Gasteiger partial charge in [0.05, 0.1) is 0 Å². The van der Waals surface area contributed by atoms with Crippen LogP contribution in [0, 0.1) is 11.8 Å². The van der Waals surface area contributed by atoms with Crippen LogP contribution in [0.3, 0.4) is 0 Å². The normalized spacial score (nSPS) is 29.2. The molecule has 1 saturated carbocycles. The summed E-state index contributed by atoms with van der Waals surface area (Å²) in [5, 5.41) is 6.25. The highest BCUT2D eigenvalue weighted by atomic mass is 32.2. The van der Waals surface area contributed by atoms with Crippen LogP contribution in [0.25, 0.3) is 33.2 Å². The minimum absolute atomic E-state index is 0.0134. The van der Waals surface area contributed by atoms with Crippen molar-refractivity contribution >= 4 is 45.0 Å². The average Bonchev–Trinajstić information content (AvgIpc) is 3.82. The van der Waals surface area contributed by atoms with Gasteiger partial charge in [0.25, 0.3) is 0 Å². The summed E-state index contributed by atoms with van der Waals surface area (Å²) in [5.74, 6) is 1.75. The van der Waals surface area contributed by atoms with Gasteiger partial charge in [-0.2, -0.15) is 0 Å². The molecule has 0 amide bonds. The van der Waals surface area contributed by atoms with Crippen molar-refractivity contribution in [3.05, 3.63) is 196 Å². The molecule has 6 aliphatic carbocycles. The Bertz CT molecular complexity index is 2570. The van der Waals surface area contributed by atoms with Gasteiger partial charge in [-0.1, -0.05) is 146 Å². The maximum absolute atomic E-state index is 2.57. The molecule has 6 unspecified atom stereocenters. The molecule has 50 heavy (non-hydrogen) atoms. The number of hydrogen-bond donors (Lipinski definition) is 0. The maximum atomic E-state index is 2.57. The van der Waals surface area contributed by atoms with Crippen molar-refractivity contribution in [1.82, 2.24) is 0 Å². The largest absolute Gasteiger partial charge is 0.117 e. The molecule has 0 nitrogen and oxygen atoms in total. The van der Waals surface area contributed by atoms with E-state index in [1.165, 1.54) is 43.3 Å². The topological polar surface area (TPSA) is 0 Å². The van der Waals surface area contributed by atoms with E-state index in [4.69, 9.17) is 0 Å². The lowest BCUT2D eigenvalue weighted by Crippen LogP contribution is -2.42. The summed E-state index contributed by atoms with van der Waals surface area (Å²) in [6.45, 7) is 0. The lowest BCUT2D eigenvalue weighted by molar-refractivity contribution is 0.220. The Labute approximate surface area is 298 Å². The molecule has 1 heteroatoms. The second kappa shape index (κ2) is 10.1. The summed E-state index contributed by atoms with van der Waals surface area (Å²) < 4.78 is 0. The smallest absolute Gasteiger partial charge is 0.0451 e. The number of rotatable bonds is 2. The van der Waals surface area contributed by atoms with Crippen LogP contribution >= 0.6 is 11.8 Å². The maximum Gasteiger partial charge on any atom is 0.0451 e. The summed E-state index contributed by atoms with van der Waals surface area (Å²) in [4.78, 5) is 1.45. The fraction of sp³-hybridized carbons (Fsp3) is 0.184. The third kappa shape index (κ3) is 3.45. The quantitative estimate of drug-likeness (QED) is 0.170. The van der Waals surface area contributed by atoms with E-state index >= 15 is 0 Å². The Kier molecular flexibility index (Phi) is 5.65. The second-order valence-corrected chi connectivity index (χ2v) is 16.5. The summed E-state index contributed by atoms with van der Waals surface area (Å²) in [6, 6.07) is 36.9. The Hall–Kier alpha value is -4.85. The molecule has 12 rings (SSSR count). The van der Waals surface area contributed by atoms with E-state index in [1.807, 2.05) is 0 Å². The molecule has 1 aliphatic heterocycles. The Morgan fingerprint density at radius 2 is 1.38 bits per heavy atom. The van der Waals surface area contributed by atoms with Crippen LogP contribution in [-0.2, 0) is 5.41 Å². The van der Waals surface area contributed by atoms with Gasteiger partial charge >= 0.3 is 0 Å². The lowest BCUT2D eigenvalue weighted by Gasteiger charge is -2.46. The van der Waals surface area contributed by atoms with Crippen molar-refractivity contribution in [2.75, 3.05) is 0 Å². The first-order chi connectivity index (χ1) is 24.8. The van der Waals surface area contributed by atoms with Crippen molar-refractivity contribution in [2.45, 2.75) is 46.7 Å². The van der Waals surface area contributed by atoms with Gasteiger partial charge in [0.15, 0.2) is 0 Å². The highest BCUT2D eigenvalue weighted by molar-refractivity contribution is 8.00. The van der Waals surface area contributed by atoms with Crippen LogP contribution < -0.4 is 0 Å². The van der Waals surface area contributed by atoms with E-state index in [1.54, 1.807) is 38.8 Å². The van der Waals surface area contributed by atoms with Crippen LogP contribution in [0.4, 0.5) is 0 Å². The fourth-order valence-electron chi connectivity index (χ4n) is 11.7.